The van der Waals surface area contributed by atoms with Crippen molar-refractivity contribution < 1.29 is 28.7 Å². The number of benzene rings is 2. The summed E-state index contributed by atoms with van der Waals surface area (Å²) in [6.45, 7) is 4.60. The van der Waals surface area contributed by atoms with Gasteiger partial charge in [0.05, 0.1) is 4.92 Å². The minimum atomic E-state index is -0.727. The minimum absolute atomic E-state index is 0.112. The number of ether oxygens (including phenoxy) is 3. The molecule has 1 aliphatic heterocycles. The maximum atomic E-state index is 12.0. The fourth-order valence-corrected chi connectivity index (χ4v) is 3.11. The lowest BCUT2D eigenvalue weighted by atomic mass is 10.0. The number of carbonyl (C=O) groups excluding carboxylic acids is 2. The molecule has 1 heterocycles. The van der Waals surface area contributed by atoms with Crippen LogP contribution in [0.3, 0.4) is 0 Å². The molecule has 0 atom stereocenters. The normalized spacial score (nSPS) is 13.7. The molecule has 0 radical (unpaired) electrons. The molecule has 0 bridgehead atoms. The lowest BCUT2D eigenvalue weighted by Gasteiger charge is -2.18. The van der Waals surface area contributed by atoms with Gasteiger partial charge < -0.3 is 19.5 Å². The van der Waals surface area contributed by atoms with Gasteiger partial charge in [0.1, 0.15) is 5.60 Å². The topological polar surface area (TPSA) is 117 Å². The second kappa shape index (κ2) is 8.40. The number of fused-ring (bicyclic) bond motifs is 1. The predicted octanol–water partition coefficient (Wildman–Crippen LogP) is 3.18. The zero-order valence-corrected chi connectivity index (χ0v) is 16.9. The van der Waals surface area contributed by atoms with Crippen LogP contribution in [-0.4, -0.2) is 35.6 Å². The first-order valence-electron chi connectivity index (χ1n) is 9.29. The van der Waals surface area contributed by atoms with Crippen LogP contribution < -0.4 is 14.8 Å². The second-order valence-corrected chi connectivity index (χ2v) is 7.54. The van der Waals surface area contributed by atoms with Crippen molar-refractivity contribution in [2.24, 2.45) is 0 Å². The average Bonchev–Trinajstić information content (AvgIpc) is 3.00. The zero-order chi connectivity index (χ0) is 21.9. The summed E-state index contributed by atoms with van der Waals surface area (Å²) in [4.78, 5) is 34.3. The van der Waals surface area contributed by atoms with Crippen LogP contribution >= 0.6 is 0 Å². The Morgan fingerprint density at radius 2 is 2.00 bits per heavy atom. The van der Waals surface area contributed by atoms with Gasteiger partial charge in [-0.05, 0) is 32.9 Å². The molecule has 9 heteroatoms. The SMILES string of the molecule is Cc1ccc(NC(=O)COC(=O)COc2cccc3c2OC(C)(C)C3)cc1[N+](=O)[O-]. The quantitative estimate of drug-likeness (QED) is 0.420. The Morgan fingerprint density at radius 3 is 2.73 bits per heavy atom. The van der Waals surface area contributed by atoms with Crippen molar-refractivity contribution in [3.05, 3.63) is 57.6 Å². The van der Waals surface area contributed by atoms with E-state index in [4.69, 9.17) is 14.2 Å². The summed E-state index contributed by atoms with van der Waals surface area (Å²) < 4.78 is 16.3. The molecule has 30 heavy (non-hydrogen) atoms. The largest absolute Gasteiger partial charge is 0.483 e. The van der Waals surface area contributed by atoms with Crippen molar-refractivity contribution in [2.75, 3.05) is 18.5 Å². The van der Waals surface area contributed by atoms with Gasteiger partial charge in [-0.1, -0.05) is 18.2 Å². The maximum absolute atomic E-state index is 12.0. The van der Waals surface area contributed by atoms with Crippen molar-refractivity contribution in [2.45, 2.75) is 32.8 Å². The molecule has 0 aromatic heterocycles. The lowest BCUT2D eigenvalue weighted by molar-refractivity contribution is -0.385. The number of rotatable bonds is 7. The van der Waals surface area contributed by atoms with Gasteiger partial charge in [-0.3, -0.25) is 14.9 Å². The Hall–Kier alpha value is -3.62. The van der Waals surface area contributed by atoms with E-state index in [2.05, 4.69) is 5.32 Å². The summed E-state index contributed by atoms with van der Waals surface area (Å²) in [7, 11) is 0. The van der Waals surface area contributed by atoms with Crippen LogP contribution in [0.25, 0.3) is 0 Å². The Kier molecular flexibility index (Phi) is 5.91. The molecule has 0 fully saturated rings. The number of nitro benzene ring substituents is 1. The van der Waals surface area contributed by atoms with Gasteiger partial charge in [0.15, 0.2) is 24.7 Å². The molecule has 2 aromatic carbocycles. The molecule has 2 aromatic rings. The first kappa shape index (κ1) is 21.1. The molecule has 0 saturated heterocycles. The summed E-state index contributed by atoms with van der Waals surface area (Å²) in [6.07, 6.45) is 0.737. The van der Waals surface area contributed by atoms with E-state index in [0.717, 1.165) is 12.0 Å². The Labute approximate surface area is 173 Å². The molecule has 1 aliphatic rings. The number of nitrogens with zero attached hydrogens (tertiary/aromatic N) is 1. The third-order valence-electron chi connectivity index (χ3n) is 4.45. The number of nitrogens with one attached hydrogen (secondary N) is 1. The van der Waals surface area contributed by atoms with Crippen LogP contribution in [0.1, 0.15) is 25.0 Å². The summed E-state index contributed by atoms with van der Waals surface area (Å²) >= 11 is 0. The van der Waals surface area contributed by atoms with E-state index in [-0.39, 0.29) is 23.6 Å². The Morgan fingerprint density at radius 1 is 1.23 bits per heavy atom. The van der Waals surface area contributed by atoms with Gasteiger partial charge in [-0.15, -0.1) is 0 Å². The van der Waals surface area contributed by atoms with E-state index in [1.807, 2.05) is 26.0 Å². The van der Waals surface area contributed by atoms with Gasteiger partial charge in [-0.25, -0.2) is 4.79 Å². The molecule has 0 unspecified atom stereocenters. The molecular formula is C21H22N2O7. The third kappa shape index (κ3) is 5.05. The van der Waals surface area contributed by atoms with Crippen molar-refractivity contribution in [1.29, 1.82) is 0 Å². The number of esters is 1. The number of amides is 1. The van der Waals surface area contributed by atoms with Crippen molar-refractivity contribution in [3.63, 3.8) is 0 Å². The van der Waals surface area contributed by atoms with Gasteiger partial charge in [0.25, 0.3) is 11.6 Å². The van der Waals surface area contributed by atoms with E-state index in [1.54, 1.807) is 13.0 Å². The molecule has 3 rings (SSSR count). The predicted molar refractivity (Wildman–Crippen MR) is 108 cm³/mol. The highest BCUT2D eigenvalue weighted by atomic mass is 16.6. The number of nitro groups is 1. The van der Waals surface area contributed by atoms with E-state index >= 15 is 0 Å². The number of hydrogen-bond donors (Lipinski definition) is 1. The van der Waals surface area contributed by atoms with E-state index in [0.29, 0.717) is 17.1 Å². The molecule has 0 aliphatic carbocycles. The number of hydrogen-bond acceptors (Lipinski definition) is 7. The van der Waals surface area contributed by atoms with Crippen molar-refractivity contribution >= 4 is 23.3 Å². The fourth-order valence-electron chi connectivity index (χ4n) is 3.11. The van der Waals surface area contributed by atoms with Crippen LogP contribution in [0.4, 0.5) is 11.4 Å². The Bertz CT molecular complexity index is 1000. The molecule has 158 valence electrons. The van der Waals surface area contributed by atoms with Crippen LogP contribution in [0, 0.1) is 17.0 Å². The average molecular weight is 414 g/mol. The highest BCUT2D eigenvalue weighted by Crippen LogP contribution is 2.41. The van der Waals surface area contributed by atoms with Crippen LogP contribution in [-0.2, 0) is 20.7 Å². The number of anilines is 1. The molecular weight excluding hydrogens is 392 g/mol. The highest BCUT2D eigenvalue weighted by Gasteiger charge is 2.32. The molecule has 0 saturated carbocycles. The van der Waals surface area contributed by atoms with E-state index in [1.165, 1.54) is 18.2 Å². The van der Waals surface area contributed by atoms with E-state index in [9.17, 15) is 19.7 Å². The van der Waals surface area contributed by atoms with Gasteiger partial charge in [0, 0.05) is 29.3 Å². The summed E-state index contributed by atoms with van der Waals surface area (Å²) in [5, 5.41) is 13.4. The molecule has 0 spiro atoms. The van der Waals surface area contributed by atoms with Crippen LogP contribution in [0.5, 0.6) is 11.5 Å². The standard InChI is InChI=1S/C21H22N2O7/c1-13-7-8-15(9-16(13)23(26)27)22-18(24)11-29-19(25)12-28-17-6-4-5-14-10-21(2,3)30-20(14)17/h4-9H,10-12H2,1-3H3,(H,22,24). The van der Waals surface area contributed by atoms with Gasteiger partial charge >= 0.3 is 5.97 Å². The van der Waals surface area contributed by atoms with Gasteiger partial charge in [-0.2, -0.15) is 0 Å². The number of aryl methyl sites for hydroxylation is 1. The van der Waals surface area contributed by atoms with Crippen molar-refractivity contribution in [1.82, 2.24) is 0 Å². The molecule has 1 N–H and O–H groups in total. The second-order valence-electron chi connectivity index (χ2n) is 7.54. The zero-order valence-electron chi connectivity index (χ0n) is 16.9. The third-order valence-corrected chi connectivity index (χ3v) is 4.45. The lowest BCUT2D eigenvalue weighted by Crippen LogP contribution is -2.25. The monoisotopic (exact) mass is 414 g/mol. The maximum Gasteiger partial charge on any atom is 0.344 e. The fraction of sp³-hybridized carbons (Fsp3) is 0.333. The Balaban J connectivity index is 1.49. The molecule has 9 nitrogen and oxygen atoms in total. The van der Waals surface area contributed by atoms with Crippen LogP contribution in [0.2, 0.25) is 0 Å². The number of para-hydroxylation sites is 1. The highest BCUT2D eigenvalue weighted by molar-refractivity contribution is 5.93. The first-order valence-corrected chi connectivity index (χ1v) is 9.29. The van der Waals surface area contributed by atoms with E-state index < -0.39 is 23.4 Å². The minimum Gasteiger partial charge on any atom is -0.483 e. The van der Waals surface area contributed by atoms with Crippen molar-refractivity contribution in [3.8, 4) is 11.5 Å². The smallest absolute Gasteiger partial charge is 0.344 e. The van der Waals surface area contributed by atoms with Gasteiger partial charge in [0.2, 0.25) is 0 Å². The molecule has 1 amide bonds. The first-order chi connectivity index (χ1) is 14.1. The van der Waals surface area contributed by atoms with Crippen LogP contribution in [0.15, 0.2) is 36.4 Å². The summed E-state index contributed by atoms with van der Waals surface area (Å²) in [6, 6.07) is 9.76. The number of carbonyl (C=O) groups is 2. The summed E-state index contributed by atoms with van der Waals surface area (Å²) in [5.41, 5.74) is 1.26. The summed E-state index contributed by atoms with van der Waals surface area (Å²) in [5.74, 6) is -0.303.